The molecule has 4 fully saturated rings. The molecular formula is C20H35ClN2O2. The molecule has 4 rings (SSSR count). The molecule has 3 aliphatic carbocycles. The highest BCUT2D eigenvalue weighted by Gasteiger charge is 2.50. The minimum Gasteiger partial charge on any atom is -0.375 e. The van der Waals surface area contributed by atoms with Crippen molar-refractivity contribution in [1.82, 2.24) is 4.90 Å². The van der Waals surface area contributed by atoms with Gasteiger partial charge in [-0.05, 0) is 75.5 Å². The summed E-state index contributed by atoms with van der Waals surface area (Å²) in [5.41, 5.74) is 6.36. The van der Waals surface area contributed by atoms with Crippen LogP contribution in [0.15, 0.2) is 0 Å². The van der Waals surface area contributed by atoms with Gasteiger partial charge in [-0.1, -0.05) is 6.92 Å². The zero-order valence-corrected chi connectivity index (χ0v) is 16.4. The Labute approximate surface area is 158 Å². The molecule has 0 aromatic carbocycles. The molecule has 1 aliphatic heterocycles. The summed E-state index contributed by atoms with van der Waals surface area (Å²) in [6, 6.07) is 0.120. The Bertz CT molecular complexity index is 457. The quantitative estimate of drug-likeness (QED) is 0.828. The third-order valence-electron chi connectivity index (χ3n) is 7.37. The van der Waals surface area contributed by atoms with Gasteiger partial charge in [0.05, 0.1) is 18.1 Å². The van der Waals surface area contributed by atoms with Gasteiger partial charge in [-0.15, -0.1) is 12.4 Å². The van der Waals surface area contributed by atoms with Crippen molar-refractivity contribution in [3.8, 4) is 0 Å². The van der Waals surface area contributed by atoms with Crippen LogP contribution in [0.1, 0.15) is 64.7 Å². The van der Waals surface area contributed by atoms with E-state index in [1.165, 1.54) is 44.9 Å². The number of nitrogens with zero attached hydrogens (tertiary/aromatic N) is 1. The van der Waals surface area contributed by atoms with E-state index in [-0.39, 0.29) is 24.4 Å². The van der Waals surface area contributed by atoms with Gasteiger partial charge in [-0.2, -0.15) is 0 Å². The smallest absolute Gasteiger partial charge is 0.227 e. The third kappa shape index (κ3) is 4.01. The van der Waals surface area contributed by atoms with Crippen LogP contribution >= 0.6 is 12.4 Å². The molecule has 0 aromatic rings. The van der Waals surface area contributed by atoms with Crippen LogP contribution in [0.2, 0.25) is 0 Å². The molecule has 1 heterocycles. The SMILES string of the molecule is CC1CCC(OC2CCN(C(=O)C3C4CCC(C4)C3N)CC2)CC1.Cl. The molecule has 144 valence electrons. The number of ether oxygens (including phenoxy) is 1. The van der Waals surface area contributed by atoms with E-state index < -0.39 is 0 Å². The highest BCUT2D eigenvalue weighted by atomic mass is 35.5. The Hall–Kier alpha value is -0.320. The molecule has 4 atom stereocenters. The van der Waals surface area contributed by atoms with Crippen LogP contribution in [0, 0.1) is 23.7 Å². The first-order valence-corrected chi connectivity index (χ1v) is 10.3. The van der Waals surface area contributed by atoms with Crippen LogP contribution < -0.4 is 5.73 Å². The largest absolute Gasteiger partial charge is 0.375 e. The Morgan fingerprint density at radius 1 is 0.920 bits per heavy atom. The van der Waals surface area contributed by atoms with Crippen molar-refractivity contribution < 1.29 is 9.53 Å². The summed E-state index contributed by atoms with van der Waals surface area (Å²) in [6.07, 6.45) is 11.6. The molecule has 0 aromatic heterocycles. The Morgan fingerprint density at radius 2 is 1.52 bits per heavy atom. The molecular weight excluding hydrogens is 336 g/mol. The fourth-order valence-corrected chi connectivity index (χ4v) is 5.76. The van der Waals surface area contributed by atoms with Gasteiger partial charge in [0.1, 0.15) is 0 Å². The van der Waals surface area contributed by atoms with Gasteiger partial charge in [0, 0.05) is 19.1 Å². The number of carbonyl (C=O) groups is 1. The van der Waals surface area contributed by atoms with Gasteiger partial charge < -0.3 is 15.4 Å². The van der Waals surface area contributed by atoms with E-state index in [1.54, 1.807) is 0 Å². The fraction of sp³-hybridized carbons (Fsp3) is 0.950. The number of rotatable bonds is 3. The van der Waals surface area contributed by atoms with Gasteiger partial charge >= 0.3 is 0 Å². The van der Waals surface area contributed by atoms with Crippen molar-refractivity contribution >= 4 is 18.3 Å². The lowest BCUT2D eigenvalue weighted by Gasteiger charge is -2.38. The van der Waals surface area contributed by atoms with Crippen molar-refractivity contribution in [3.63, 3.8) is 0 Å². The van der Waals surface area contributed by atoms with Crippen molar-refractivity contribution in [1.29, 1.82) is 0 Å². The fourth-order valence-electron chi connectivity index (χ4n) is 5.76. The van der Waals surface area contributed by atoms with Crippen LogP contribution in [0.25, 0.3) is 0 Å². The minimum absolute atomic E-state index is 0. The number of halogens is 1. The van der Waals surface area contributed by atoms with Crippen LogP contribution in [0.3, 0.4) is 0 Å². The molecule has 1 saturated heterocycles. The maximum Gasteiger partial charge on any atom is 0.227 e. The van der Waals surface area contributed by atoms with Crippen molar-refractivity contribution in [2.24, 2.45) is 29.4 Å². The third-order valence-corrected chi connectivity index (χ3v) is 7.37. The predicted octanol–water partition coefficient (Wildman–Crippen LogP) is 3.37. The van der Waals surface area contributed by atoms with Crippen LogP contribution in [-0.2, 0) is 9.53 Å². The van der Waals surface area contributed by atoms with Gasteiger partial charge in [0.2, 0.25) is 5.91 Å². The standard InChI is InChI=1S/C20H34N2O2.ClH/c1-13-2-6-16(7-3-13)24-17-8-10-22(11-9-17)20(23)18-14-4-5-15(12-14)19(18)21;/h13-19H,2-12,21H2,1H3;1H. The summed E-state index contributed by atoms with van der Waals surface area (Å²) in [6.45, 7) is 4.08. The van der Waals surface area contributed by atoms with E-state index in [0.29, 0.717) is 30.0 Å². The number of amides is 1. The number of hydrogen-bond donors (Lipinski definition) is 1. The van der Waals surface area contributed by atoms with Gasteiger partial charge in [-0.3, -0.25) is 4.79 Å². The summed E-state index contributed by atoms with van der Waals surface area (Å²) in [5.74, 6) is 2.50. The molecule has 5 heteroatoms. The highest BCUT2D eigenvalue weighted by Crippen LogP contribution is 2.48. The number of likely N-dealkylation sites (tertiary alicyclic amines) is 1. The molecule has 4 nitrogen and oxygen atoms in total. The molecule has 4 unspecified atom stereocenters. The molecule has 3 saturated carbocycles. The summed E-state index contributed by atoms with van der Waals surface area (Å²) in [4.78, 5) is 15.0. The highest BCUT2D eigenvalue weighted by molar-refractivity contribution is 5.85. The molecule has 0 spiro atoms. The predicted molar refractivity (Wildman–Crippen MR) is 102 cm³/mol. The second-order valence-corrected chi connectivity index (χ2v) is 8.98. The molecule has 25 heavy (non-hydrogen) atoms. The van der Waals surface area contributed by atoms with E-state index in [2.05, 4.69) is 11.8 Å². The first-order valence-electron chi connectivity index (χ1n) is 10.3. The Balaban J connectivity index is 0.00000182. The second kappa shape index (κ2) is 8.14. The number of carbonyl (C=O) groups excluding carboxylic acids is 1. The second-order valence-electron chi connectivity index (χ2n) is 8.98. The maximum atomic E-state index is 12.9. The van der Waals surface area contributed by atoms with Crippen molar-refractivity contribution in [2.75, 3.05) is 13.1 Å². The summed E-state index contributed by atoms with van der Waals surface area (Å²) < 4.78 is 6.34. The van der Waals surface area contributed by atoms with Crippen LogP contribution in [0.5, 0.6) is 0 Å². The Morgan fingerprint density at radius 3 is 2.12 bits per heavy atom. The summed E-state index contributed by atoms with van der Waals surface area (Å²) in [5, 5.41) is 0. The van der Waals surface area contributed by atoms with E-state index in [1.807, 2.05) is 0 Å². The molecule has 4 aliphatic rings. The molecule has 1 amide bonds. The van der Waals surface area contributed by atoms with Gasteiger partial charge in [0.25, 0.3) is 0 Å². The lowest BCUT2D eigenvalue weighted by molar-refractivity contribution is -0.141. The maximum absolute atomic E-state index is 12.9. The number of hydrogen-bond acceptors (Lipinski definition) is 3. The average molecular weight is 371 g/mol. The van der Waals surface area contributed by atoms with Gasteiger partial charge in [-0.25, -0.2) is 0 Å². The number of nitrogens with two attached hydrogens (primary N) is 1. The van der Waals surface area contributed by atoms with E-state index in [4.69, 9.17) is 10.5 Å². The van der Waals surface area contributed by atoms with Crippen molar-refractivity contribution in [2.45, 2.75) is 83.0 Å². The zero-order chi connectivity index (χ0) is 16.7. The zero-order valence-electron chi connectivity index (χ0n) is 15.6. The topological polar surface area (TPSA) is 55.6 Å². The molecule has 2 N–H and O–H groups in total. The average Bonchev–Trinajstić information content (AvgIpc) is 3.18. The number of piperidine rings is 1. The summed E-state index contributed by atoms with van der Waals surface area (Å²) >= 11 is 0. The first kappa shape index (κ1) is 19.4. The van der Waals surface area contributed by atoms with Gasteiger partial charge in [0.15, 0.2) is 0 Å². The molecule has 0 radical (unpaired) electrons. The first-order chi connectivity index (χ1) is 11.6. The summed E-state index contributed by atoms with van der Waals surface area (Å²) in [7, 11) is 0. The number of fused-ring (bicyclic) bond motifs is 2. The van der Waals surface area contributed by atoms with E-state index in [0.717, 1.165) is 31.8 Å². The lowest BCUT2D eigenvalue weighted by Crippen LogP contribution is -2.50. The normalized spacial score (nSPS) is 41.6. The minimum atomic E-state index is 0. The van der Waals surface area contributed by atoms with Crippen LogP contribution in [0.4, 0.5) is 0 Å². The Kier molecular flexibility index (Phi) is 6.33. The van der Waals surface area contributed by atoms with E-state index >= 15 is 0 Å². The van der Waals surface area contributed by atoms with E-state index in [9.17, 15) is 4.79 Å². The van der Waals surface area contributed by atoms with Crippen molar-refractivity contribution in [3.05, 3.63) is 0 Å². The molecule has 2 bridgehead atoms. The lowest BCUT2D eigenvalue weighted by atomic mass is 9.83. The monoisotopic (exact) mass is 370 g/mol. The van der Waals surface area contributed by atoms with Crippen LogP contribution in [-0.4, -0.2) is 42.1 Å².